The van der Waals surface area contributed by atoms with Gasteiger partial charge in [0.25, 0.3) is 5.91 Å². The van der Waals surface area contributed by atoms with Crippen molar-refractivity contribution >= 4 is 23.5 Å². The van der Waals surface area contributed by atoms with E-state index in [2.05, 4.69) is 15.5 Å². The number of rotatable bonds is 4. The van der Waals surface area contributed by atoms with E-state index < -0.39 is 18.0 Å². The van der Waals surface area contributed by atoms with Gasteiger partial charge >= 0.3 is 18.1 Å². The minimum atomic E-state index is -5.08. The van der Waals surface area contributed by atoms with Crippen LogP contribution in [0.3, 0.4) is 0 Å². The van der Waals surface area contributed by atoms with Crippen LogP contribution >= 0.6 is 0 Å². The monoisotopic (exact) mass is 376 g/mol. The van der Waals surface area contributed by atoms with E-state index in [0.29, 0.717) is 5.56 Å². The fourth-order valence-corrected chi connectivity index (χ4v) is 2.12. The summed E-state index contributed by atoms with van der Waals surface area (Å²) in [7, 11) is 0. The number of benzene rings is 2. The van der Waals surface area contributed by atoms with Crippen molar-refractivity contribution in [1.29, 1.82) is 0 Å². The van der Waals surface area contributed by atoms with Gasteiger partial charge in [-0.15, -0.1) is 5.10 Å². The lowest BCUT2D eigenvalue weighted by Gasteiger charge is -2.11. The quantitative estimate of drug-likeness (QED) is 0.727. The fourth-order valence-electron chi connectivity index (χ4n) is 2.12. The molecule has 10 heteroatoms. The van der Waals surface area contributed by atoms with Gasteiger partial charge in [-0.3, -0.25) is 14.9 Å². The molecule has 0 aliphatic carbocycles. The van der Waals surface area contributed by atoms with Crippen LogP contribution in [0.25, 0.3) is 11.5 Å². The molecular formula is C17H11F3N4O3. The van der Waals surface area contributed by atoms with Gasteiger partial charge in [-0.1, -0.05) is 35.4 Å². The van der Waals surface area contributed by atoms with Gasteiger partial charge in [-0.25, -0.2) is 0 Å². The van der Waals surface area contributed by atoms with Crippen LogP contribution in [-0.2, 0) is 4.79 Å². The molecule has 0 fully saturated rings. The molecule has 0 aliphatic rings. The molecular weight excluding hydrogens is 365 g/mol. The first kappa shape index (κ1) is 18.1. The van der Waals surface area contributed by atoms with Crippen molar-refractivity contribution in [3.63, 3.8) is 0 Å². The Morgan fingerprint density at radius 2 is 1.56 bits per heavy atom. The normalized spacial score (nSPS) is 11.1. The molecule has 0 saturated carbocycles. The highest BCUT2D eigenvalue weighted by Crippen LogP contribution is 2.23. The number of para-hydroxylation sites is 1. The maximum atomic E-state index is 12.4. The van der Waals surface area contributed by atoms with Gasteiger partial charge in [0.2, 0.25) is 5.89 Å². The molecule has 0 spiro atoms. The highest BCUT2D eigenvalue weighted by atomic mass is 19.4. The van der Waals surface area contributed by atoms with E-state index in [-0.39, 0.29) is 23.2 Å². The number of hydrogen-bond donors (Lipinski definition) is 2. The van der Waals surface area contributed by atoms with E-state index in [9.17, 15) is 22.8 Å². The third-order valence-corrected chi connectivity index (χ3v) is 3.34. The molecule has 0 saturated heterocycles. The predicted molar refractivity (Wildman–Crippen MR) is 88.8 cm³/mol. The molecule has 0 unspecified atom stereocenters. The summed E-state index contributed by atoms with van der Waals surface area (Å²) >= 11 is 0. The van der Waals surface area contributed by atoms with E-state index in [0.717, 1.165) is 0 Å². The summed E-state index contributed by atoms with van der Waals surface area (Å²) in [5.41, 5.74) is 0.123. The Morgan fingerprint density at radius 3 is 2.26 bits per heavy atom. The third-order valence-electron chi connectivity index (χ3n) is 3.34. The smallest absolute Gasteiger partial charge is 0.403 e. The van der Waals surface area contributed by atoms with Gasteiger partial charge in [0, 0.05) is 5.56 Å². The third kappa shape index (κ3) is 4.29. The summed E-state index contributed by atoms with van der Waals surface area (Å²) in [5, 5.41) is 11.4. The molecule has 2 aromatic carbocycles. The number of carbonyl (C=O) groups is 2. The second kappa shape index (κ2) is 7.28. The maximum Gasteiger partial charge on any atom is 0.471 e. The average molecular weight is 376 g/mol. The molecule has 1 heterocycles. The Kier molecular flexibility index (Phi) is 4.88. The molecule has 3 rings (SSSR count). The standard InChI is InChI=1S/C17H11F3N4O3/c18-17(19,20)15(26)21-12-9-5-4-8-11(12)13(25)22-16-24-23-14(27-16)10-6-2-1-3-7-10/h1-9H,(H,21,26)(H,22,24,25). The zero-order chi connectivity index (χ0) is 19.4. The van der Waals surface area contributed by atoms with Crippen LogP contribution in [-0.4, -0.2) is 28.2 Å². The molecule has 0 bridgehead atoms. The summed E-state index contributed by atoms with van der Waals surface area (Å²) < 4.78 is 42.6. The molecule has 0 atom stereocenters. The van der Waals surface area contributed by atoms with Gasteiger partial charge in [-0.05, 0) is 24.3 Å². The lowest BCUT2D eigenvalue weighted by Crippen LogP contribution is -2.31. The summed E-state index contributed by atoms with van der Waals surface area (Å²) in [6.07, 6.45) is -5.08. The van der Waals surface area contributed by atoms with Gasteiger partial charge in [0.05, 0.1) is 11.3 Å². The second-order valence-corrected chi connectivity index (χ2v) is 5.23. The zero-order valence-corrected chi connectivity index (χ0v) is 13.4. The number of aromatic nitrogens is 2. The number of halogens is 3. The average Bonchev–Trinajstić information content (AvgIpc) is 3.10. The lowest BCUT2D eigenvalue weighted by molar-refractivity contribution is -0.167. The van der Waals surface area contributed by atoms with Crippen molar-refractivity contribution in [3.8, 4) is 11.5 Å². The number of alkyl halides is 3. The number of hydrogen-bond acceptors (Lipinski definition) is 5. The number of amides is 2. The number of anilines is 2. The Labute approximate surface area is 150 Å². The molecule has 0 radical (unpaired) electrons. The largest absolute Gasteiger partial charge is 0.471 e. The van der Waals surface area contributed by atoms with Crippen LogP contribution in [0.1, 0.15) is 10.4 Å². The lowest BCUT2D eigenvalue weighted by atomic mass is 10.1. The molecule has 27 heavy (non-hydrogen) atoms. The van der Waals surface area contributed by atoms with E-state index in [1.807, 2.05) is 0 Å². The van der Waals surface area contributed by atoms with Crippen molar-refractivity contribution in [2.24, 2.45) is 0 Å². The van der Waals surface area contributed by atoms with Crippen molar-refractivity contribution in [2.75, 3.05) is 10.6 Å². The van der Waals surface area contributed by atoms with Crippen LogP contribution in [0.2, 0.25) is 0 Å². The van der Waals surface area contributed by atoms with Gasteiger partial charge in [-0.2, -0.15) is 13.2 Å². The van der Waals surface area contributed by atoms with Crippen molar-refractivity contribution in [3.05, 3.63) is 60.2 Å². The van der Waals surface area contributed by atoms with Crippen LogP contribution in [0.5, 0.6) is 0 Å². The summed E-state index contributed by atoms with van der Waals surface area (Å²) in [6, 6.07) is 13.8. The van der Waals surface area contributed by atoms with Crippen LogP contribution in [0.4, 0.5) is 24.9 Å². The first-order chi connectivity index (χ1) is 12.8. The van der Waals surface area contributed by atoms with Crippen molar-refractivity contribution in [1.82, 2.24) is 10.2 Å². The SMILES string of the molecule is O=C(Nc1nnc(-c2ccccc2)o1)c1ccccc1NC(=O)C(F)(F)F. The minimum absolute atomic E-state index is 0.157. The molecule has 3 aromatic rings. The summed E-state index contributed by atoms with van der Waals surface area (Å²) in [5.74, 6) is -2.85. The Morgan fingerprint density at radius 1 is 0.889 bits per heavy atom. The van der Waals surface area contributed by atoms with E-state index >= 15 is 0 Å². The zero-order valence-electron chi connectivity index (χ0n) is 13.4. The van der Waals surface area contributed by atoms with Crippen LogP contribution < -0.4 is 10.6 Å². The fraction of sp³-hybridized carbons (Fsp3) is 0.0588. The molecule has 138 valence electrons. The van der Waals surface area contributed by atoms with Gasteiger partial charge < -0.3 is 9.73 Å². The molecule has 7 nitrogen and oxygen atoms in total. The van der Waals surface area contributed by atoms with E-state index in [4.69, 9.17) is 4.42 Å². The summed E-state index contributed by atoms with van der Waals surface area (Å²) in [4.78, 5) is 23.5. The Hall–Kier alpha value is -3.69. The minimum Gasteiger partial charge on any atom is -0.403 e. The number of carbonyl (C=O) groups excluding carboxylic acids is 2. The summed E-state index contributed by atoms with van der Waals surface area (Å²) in [6.45, 7) is 0. The molecule has 2 N–H and O–H groups in total. The van der Waals surface area contributed by atoms with Crippen molar-refractivity contribution in [2.45, 2.75) is 6.18 Å². The second-order valence-electron chi connectivity index (χ2n) is 5.23. The van der Waals surface area contributed by atoms with Crippen molar-refractivity contribution < 1.29 is 27.2 Å². The maximum absolute atomic E-state index is 12.4. The van der Waals surface area contributed by atoms with Gasteiger partial charge in [0.15, 0.2) is 0 Å². The predicted octanol–water partition coefficient (Wildman–Crippen LogP) is 3.49. The molecule has 2 amide bonds. The number of nitrogens with zero attached hydrogens (tertiary/aromatic N) is 2. The van der Waals surface area contributed by atoms with Gasteiger partial charge in [0.1, 0.15) is 0 Å². The first-order valence-corrected chi connectivity index (χ1v) is 7.52. The number of nitrogens with one attached hydrogen (secondary N) is 2. The van der Waals surface area contributed by atoms with E-state index in [1.54, 1.807) is 35.6 Å². The topological polar surface area (TPSA) is 97.1 Å². The Bertz CT molecular complexity index is 971. The molecule has 0 aliphatic heterocycles. The van der Waals surface area contributed by atoms with E-state index in [1.165, 1.54) is 24.3 Å². The Balaban J connectivity index is 1.78. The van der Waals surface area contributed by atoms with Crippen LogP contribution in [0.15, 0.2) is 59.0 Å². The highest BCUT2D eigenvalue weighted by molar-refractivity contribution is 6.09. The molecule has 1 aromatic heterocycles. The van der Waals surface area contributed by atoms with Crippen LogP contribution in [0, 0.1) is 0 Å². The first-order valence-electron chi connectivity index (χ1n) is 7.52. The highest BCUT2D eigenvalue weighted by Gasteiger charge is 2.39.